The Hall–Kier alpha value is -3.36. The van der Waals surface area contributed by atoms with E-state index in [0.29, 0.717) is 44.2 Å². The van der Waals surface area contributed by atoms with Crippen molar-refractivity contribution in [1.82, 2.24) is 4.57 Å². The summed E-state index contributed by atoms with van der Waals surface area (Å²) in [7, 11) is 1.54. The fraction of sp³-hybridized carbons (Fsp3) is 0.125. The average molecular weight is 453 g/mol. The van der Waals surface area contributed by atoms with Crippen molar-refractivity contribution in [2.75, 3.05) is 7.11 Å². The van der Waals surface area contributed by atoms with Crippen LogP contribution in [0.25, 0.3) is 10.9 Å². The van der Waals surface area contributed by atoms with Gasteiger partial charge in [0.2, 0.25) is 0 Å². The molecule has 3 aromatic carbocycles. The normalized spacial score (nSPS) is 12.0. The molecule has 7 nitrogen and oxygen atoms in total. The van der Waals surface area contributed by atoms with Gasteiger partial charge in [0.1, 0.15) is 24.7 Å². The smallest absolute Gasteiger partial charge is 0.262 e. The predicted molar refractivity (Wildman–Crippen MR) is 120 cm³/mol. The van der Waals surface area contributed by atoms with Crippen LogP contribution in [0.5, 0.6) is 11.5 Å². The van der Waals surface area contributed by atoms with E-state index in [9.17, 15) is 15.2 Å². The van der Waals surface area contributed by atoms with Gasteiger partial charge in [-0.1, -0.05) is 29.8 Å². The zero-order chi connectivity index (χ0) is 22.7. The molecule has 8 heteroatoms. The molecule has 0 spiro atoms. The Bertz CT molecular complexity index is 1240. The Balaban J connectivity index is 1.90. The number of nitrogens with zero attached hydrogens (tertiary/aromatic N) is 1. The number of aromatic nitrogens is 1. The number of carbonyl (C=O) groups is 1. The molecular weight excluding hydrogens is 432 g/mol. The zero-order valence-electron chi connectivity index (χ0n) is 17.2. The van der Waals surface area contributed by atoms with Gasteiger partial charge < -0.3 is 14.7 Å². The lowest BCUT2D eigenvalue weighted by Gasteiger charge is -2.15. The van der Waals surface area contributed by atoms with E-state index in [0.717, 1.165) is 0 Å². The topological polar surface area (TPSA) is 88.2 Å². The number of methoxy groups -OCH3 is 1. The molecule has 0 aliphatic carbocycles. The number of fused-ring (bicyclic) bond motifs is 1. The van der Waals surface area contributed by atoms with Crippen molar-refractivity contribution in [2.45, 2.75) is 13.2 Å². The van der Waals surface area contributed by atoms with Crippen molar-refractivity contribution in [3.8, 4) is 11.5 Å². The highest BCUT2D eigenvalue weighted by Crippen LogP contribution is 2.31. The van der Waals surface area contributed by atoms with Crippen molar-refractivity contribution in [2.24, 2.45) is 0 Å². The quantitative estimate of drug-likeness (QED) is 0.416. The van der Waals surface area contributed by atoms with Crippen LogP contribution < -0.4 is 14.7 Å². The lowest BCUT2D eigenvalue weighted by Crippen LogP contribution is -3.03. The average Bonchev–Trinajstić information content (AvgIpc) is 3.10. The van der Waals surface area contributed by atoms with Crippen LogP contribution in [0.15, 0.2) is 72.8 Å². The van der Waals surface area contributed by atoms with Gasteiger partial charge in [-0.05, 0) is 54.6 Å². The molecule has 0 aliphatic rings. The lowest BCUT2D eigenvalue weighted by molar-refractivity contribution is -1.06. The van der Waals surface area contributed by atoms with Gasteiger partial charge in [-0.2, -0.15) is 0 Å². The summed E-state index contributed by atoms with van der Waals surface area (Å²) >= 11 is 5.98. The highest BCUT2D eigenvalue weighted by Gasteiger charge is 2.25. The highest BCUT2D eigenvalue weighted by molar-refractivity contribution is 6.30. The largest absolute Gasteiger partial charge is 0.600 e. The molecular formula is C24H21ClN2O5. The minimum absolute atomic E-state index is 0.0168. The maximum atomic E-state index is 13.5. The van der Waals surface area contributed by atoms with Gasteiger partial charge in [-0.25, -0.2) is 10.4 Å². The molecule has 0 radical (unpaired) electrons. The van der Waals surface area contributed by atoms with Crippen LogP contribution in [0, 0.1) is 5.21 Å². The Labute approximate surface area is 189 Å². The van der Waals surface area contributed by atoms with Crippen LogP contribution in [-0.2, 0) is 13.2 Å². The summed E-state index contributed by atoms with van der Waals surface area (Å²) in [6, 6.07) is 20.9. The first-order valence-corrected chi connectivity index (χ1v) is 10.3. The molecule has 4 aromatic rings. The van der Waals surface area contributed by atoms with Gasteiger partial charge >= 0.3 is 0 Å². The van der Waals surface area contributed by atoms with Crippen molar-refractivity contribution >= 4 is 28.4 Å². The Kier molecular flexibility index (Phi) is 6.43. The molecule has 1 atom stereocenters. The molecule has 0 aliphatic heterocycles. The van der Waals surface area contributed by atoms with E-state index in [4.69, 9.17) is 21.1 Å². The molecule has 164 valence electrons. The van der Waals surface area contributed by atoms with Crippen LogP contribution in [0.1, 0.15) is 21.6 Å². The van der Waals surface area contributed by atoms with Crippen LogP contribution >= 0.6 is 11.6 Å². The molecule has 0 saturated carbocycles. The molecule has 0 bridgehead atoms. The Morgan fingerprint density at radius 1 is 1.06 bits per heavy atom. The third-order valence-electron chi connectivity index (χ3n) is 5.13. The number of nitrogens with one attached hydrogen (secondary N) is 1. The Morgan fingerprint density at radius 2 is 1.78 bits per heavy atom. The Morgan fingerprint density at radius 3 is 2.44 bits per heavy atom. The lowest BCUT2D eigenvalue weighted by atomic mass is 10.1. The van der Waals surface area contributed by atoms with E-state index in [2.05, 4.69) is 0 Å². The standard InChI is InChI=1S/C24H21ClN2O5/c1-31-19-11-12-22-20(13-19)21(14-26(29)30)23(15-32-18-5-3-2-4-6-18)27(22)24(28)16-7-9-17(25)10-8-16/h2-13,26,29H,14-15H2,1H3. The number of rotatable bonds is 7. The van der Waals surface area contributed by atoms with Gasteiger partial charge in [0, 0.05) is 21.5 Å². The molecule has 2 N–H and O–H groups in total. The number of carbonyl (C=O) groups excluding carboxylic acids is 1. The van der Waals surface area contributed by atoms with Gasteiger partial charge in [-0.15, -0.1) is 0 Å². The third-order valence-corrected chi connectivity index (χ3v) is 5.38. The van der Waals surface area contributed by atoms with E-state index < -0.39 is 5.23 Å². The summed E-state index contributed by atoms with van der Waals surface area (Å²) in [6.07, 6.45) is 0. The fourth-order valence-corrected chi connectivity index (χ4v) is 3.76. The second-order valence-electron chi connectivity index (χ2n) is 7.13. The molecule has 1 aromatic heterocycles. The molecule has 0 amide bonds. The van der Waals surface area contributed by atoms with Crippen molar-refractivity contribution in [1.29, 1.82) is 0 Å². The zero-order valence-corrected chi connectivity index (χ0v) is 18.0. The summed E-state index contributed by atoms with van der Waals surface area (Å²) in [5, 5.41) is 21.4. The molecule has 1 unspecified atom stereocenters. The van der Waals surface area contributed by atoms with Crippen LogP contribution in [0.2, 0.25) is 5.02 Å². The third kappa shape index (κ3) is 4.46. The minimum atomic E-state index is -1.01. The van der Waals surface area contributed by atoms with Gasteiger partial charge in [0.15, 0.2) is 0 Å². The first kappa shape index (κ1) is 21.9. The van der Waals surface area contributed by atoms with Gasteiger partial charge in [-0.3, -0.25) is 9.36 Å². The van der Waals surface area contributed by atoms with Gasteiger partial charge in [0.25, 0.3) is 5.91 Å². The van der Waals surface area contributed by atoms with Crippen LogP contribution in [0.3, 0.4) is 0 Å². The monoisotopic (exact) mass is 452 g/mol. The second-order valence-corrected chi connectivity index (χ2v) is 7.56. The predicted octanol–water partition coefficient (Wildman–Crippen LogP) is 3.84. The summed E-state index contributed by atoms with van der Waals surface area (Å²) < 4.78 is 12.8. The number of benzene rings is 3. The first-order valence-electron chi connectivity index (χ1n) is 9.88. The fourth-order valence-electron chi connectivity index (χ4n) is 3.64. The van der Waals surface area contributed by atoms with Crippen molar-refractivity contribution in [3.63, 3.8) is 0 Å². The maximum Gasteiger partial charge on any atom is 0.262 e. The van der Waals surface area contributed by atoms with Crippen LogP contribution in [-0.4, -0.2) is 22.8 Å². The summed E-state index contributed by atoms with van der Waals surface area (Å²) in [5.74, 6) is 0.873. The number of hydroxylamine groups is 2. The first-order chi connectivity index (χ1) is 15.5. The number of hydrogen-bond acceptors (Lipinski definition) is 5. The molecule has 0 saturated heterocycles. The SMILES string of the molecule is COc1ccc2c(c1)c(C[NH+]([O-])O)c(COc1ccccc1)n2C(=O)c1ccc(Cl)cc1. The van der Waals surface area contributed by atoms with Crippen LogP contribution in [0.4, 0.5) is 0 Å². The molecule has 4 rings (SSSR count). The summed E-state index contributed by atoms with van der Waals surface area (Å²) in [4.78, 5) is 13.5. The highest BCUT2D eigenvalue weighted by atomic mass is 35.5. The van der Waals surface area contributed by atoms with E-state index in [-0.39, 0.29) is 19.1 Å². The van der Waals surface area contributed by atoms with Gasteiger partial charge in [0.05, 0.1) is 18.3 Å². The minimum Gasteiger partial charge on any atom is -0.600 e. The summed E-state index contributed by atoms with van der Waals surface area (Å²) in [6.45, 7) is -0.249. The summed E-state index contributed by atoms with van der Waals surface area (Å²) in [5.41, 5.74) is 1.97. The number of ether oxygens (including phenoxy) is 2. The van der Waals surface area contributed by atoms with Crippen molar-refractivity contribution < 1.29 is 24.7 Å². The molecule has 0 fully saturated rings. The maximum absolute atomic E-state index is 13.5. The van der Waals surface area contributed by atoms with E-state index in [1.165, 1.54) is 11.7 Å². The molecule has 1 heterocycles. The van der Waals surface area contributed by atoms with E-state index in [1.807, 2.05) is 18.2 Å². The van der Waals surface area contributed by atoms with E-state index in [1.54, 1.807) is 54.6 Å². The second kappa shape index (κ2) is 9.42. The van der Waals surface area contributed by atoms with E-state index >= 15 is 0 Å². The van der Waals surface area contributed by atoms with Crippen molar-refractivity contribution in [3.05, 3.63) is 99.8 Å². The number of para-hydroxylation sites is 1. The number of hydrogen-bond donors (Lipinski definition) is 2. The number of quaternary nitrogens is 1. The molecule has 32 heavy (non-hydrogen) atoms. The number of halogens is 1.